The van der Waals surface area contributed by atoms with E-state index in [2.05, 4.69) is 16.7 Å². The van der Waals surface area contributed by atoms with Gasteiger partial charge in [-0.25, -0.2) is 14.4 Å². The number of aromatic nitrogens is 4. The van der Waals surface area contributed by atoms with Gasteiger partial charge in [0.2, 0.25) is 0 Å². The number of nitrogens with zero attached hydrogens (tertiary/aromatic N) is 6. The predicted octanol–water partition coefficient (Wildman–Crippen LogP) is 4.76. The number of phenols is 1. The summed E-state index contributed by atoms with van der Waals surface area (Å²) in [5.41, 5.74) is 10.6. The molecule has 0 spiro atoms. The second kappa shape index (κ2) is 10.6. The molecule has 0 radical (unpaired) electrons. The predicted molar refractivity (Wildman–Crippen MR) is 164 cm³/mol. The Hall–Kier alpha value is -4.95. The van der Waals surface area contributed by atoms with Crippen LogP contribution in [0.15, 0.2) is 48.5 Å². The molecule has 1 aliphatic heterocycles. The number of halogens is 1. The van der Waals surface area contributed by atoms with Gasteiger partial charge < -0.3 is 29.6 Å². The van der Waals surface area contributed by atoms with E-state index in [1.54, 1.807) is 31.4 Å². The fourth-order valence-electron chi connectivity index (χ4n) is 6.32. The van der Waals surface area contributed by atoms with Crippen molar-refractivity contribution >= 4 is 28.0 Å². The van der Waals surface area contributed by atoms with Crippen LogP contribution < -0.4 is 10.5 Å². The number of amides is 1. The summed E-state index contributed by atoms with van der Waals surface area (Å²) in [4.78, 5) is 24.9. The highest BCUT2D eigenvalue weighted by Gasteiger charge is 2.31. The smallest absolute Gasteiger partial charge is 0.254 e. The first-order chi connectivity index (χ1) is 21.2. The van der Waals surface area contributed by atoms with Gasteiger partial charge in [0.15, 0.2) is 5.82 Å². The zero-order chi connectivity index (χ0) is 30.7. The SMILES string of the molecule is COc1cc(C(=O)N2C[C@H](N)C[C@@H](F)C2)cc2nc(-c3cc4ccc(-c5cccc(O)c5C#N)nc4n3CC3CC3)n(C)c12. The van der Waals surface area contributed by atoms with Gasteiger partial charge in [0.05, 0.1) is 30.6 Å². The van der Waals surface area contributed by atoms with Crippen molar-refractivity contribution in [3.63, 3.8) is 0 Å². The maximum Gasteiger partial charge on any atom is 0.254 e. The number of alkyl halides is 1. The van der Waals surface area contributed by atoms with Gasteiger partial charge in [-0.3, -0.25) is 4.79 Å². The highest BCUT2D eigenvalue weighted by molar-refractivity contribution is 6.00. The van der Waals surface area contributed by atoms with Gasteiger partial charge in [-0.2, -0.15) is 5.26 Å². The number of methoxy groups -OCH3 is 1. The summed E-state index contributed by atoms with van der Waals surface area (Å²) in [6.07, 6.45) is 1.35. The van der Waals surface area contributed by atoms with Gasteiger partial charge in [0, 0.05) is 42.7 Å². The minimum atomic E-state index is -1.16. The standard InChI is InChI=1S/C33H32FN7O3/c1-39-30-26(10-20(12-29(30)44-2)33(43)40-16-21(34)13-22(36)17-40)38-32(39)27-11-19-8-9-25(23-4-3-5-28(42)24(23)14-35)37-31(19)41(27)15-18-6-7-18/h3-5,8-12,18,21-22,42H,6-7,13,15-17,36H2,1-2H3/t21-,22-/m1/s1. The normalized spacial score (nSPS) is 18.6. The minimum Gasteiger partial charge on any atom is -0.507 e. The molecule has 2 aliphatic rings. The van der Waals surface area contributed by atoms with Crippen molar-refractivity contribution in [3.05, 3.63) is 59.7 Å². The average Bonchev–Trinajstić information content (AvgIpc) is 3.68. The first-order valence-electron chi connectivity index (χ1n) is 14.7. The fraction of sp³-hybridized carbons (Fsp3) is 0.333. The van der Waals surface area contributed by atoms with Gasteiger partial charge in [0.25, 0.3) is 5.91 Å². The molecule has 224 valence electrons. The average molecular weight is 594 g/mol. The van der Waals surface area contributed by atoms with Crippen LogP contribution in [-0.2, 0) is 13.6 Å². The van der Waals surface area contributed by atoms with Gasteiger partial charge in [-0.15, -0.1) is 0 Å². The molecule has 2 fully saturated rings. The number of imidazole rings is 1. The number of nitrogens with two attached hydrogens (primary N) is 1. The van der Waals surface area contributed by atoms with Crippen molar-refractivity contribution in [1.29, 1.82) is 5.26 Å². The largest absolute Gasteiger partial charge is 0.507 e. The van der Waals surface area contributed by atoms with E-state index < -0.39 is 12.2 Å². The summed E-state index contributed by atoms with van der Waals surface area (Å²) < 4.78 is 24.1. The van der Waals surface area contributed by atoms with Crippen LogP contribution in [0.25, 0.3) is 44.8 Å². The van der Waals surface area contributed by atoms with Crippen LogP contribution in [0, 0.1) is 17.2 Å². The molecular formula is C33H32FN7O3. The lowest BCUT2D eigenvalue weighted by atomic mass is 10.0. The molecule has 1 saturated heterocycles. The molecule has 3 N–H and O–H groups in total. The monoisotopic (exact) mass is 593 g/mol. The minimum absolute atomic E-state index is 0.00900. The van der Waals surface area contributed by atoms with Gasteiger partial charge in [-0.05, 0) is 61.6 Å². The third-order valence-electron chi connectivity index (χ3n) is 8.66. The summed E-state index contributed by atoms with van der Waals surface area (Å²) in [6.45, 7) is 1.06. The van der Waals surface area contributed by atoms with Crippen molar-refractivity contribution in [2.75, 3.05) is 20.2 Å². The lowest BCUT2D eigenvalue weighted by Gasteiger charge is -2.33. The Morgan fingerprint density at radius 1 is 1.18 bits per heavy atom. The van der Waals surface area contributed by atoms with E-state index in [9.17, 15) is 19.6 Å². The maximum absolute atomic E-state index is 14.3. The lowest BCUT2D eigenvalue weighted by Crippen LogP contribution is -2.50. The fourth-order valence-corrected chi connectivity index (χ4v) is 6.32. The Morgan fingerprint density at radius 2 is 2.00 bits per heavy atom. The van der Waals surface area contributed by atoms with E-state index in [1.165, 1.54) is 11.0 Å². The van der Waals surface area contributed by atoms with Crippen LogP contribution in [-0.4, -0.2) is 67.4 Å². The third kappa shape index (κ3) is 4.72. The summed E-state index contributed by atoms with van der Waals surface area (Å²) in [6, 6.07) is 16.0. The molecule has 4 heterocycles. The van der Waals surface area contributed by atoms with Crippen LogP contribution >= 0.6 is 0 Å². The van der Waals surface area contributed by atoms with Crippen LogP contribution in [0.3, 0.4) is 0 Å². The molecule has 5 aromatic rings. The highest BCUT2D eigenvalue weighted by atomic mass is 19.1. The summed E-state index contributed by atoms with van der Waals surface area (Å²) in [5, 5.41) is 20.9. The number of pyridine rings is 1. The highest BCUT2D eigenvalue weighted by Crippen LogP contribution is 2.39. The number of likely N-dealkylation sites (tertiary alicyclic amines) is 1. The third-order valence-corrected chi connectivity index (χ3v) is 8.66. The van der Waals surface area contributed by atoms with Crippen LogP contribution in [0.4, 0.5) is 4.39 Å². The number of hydrogen-bond acceptors (Lipinski definition) is 7. The Balaban J connectivity index is 1.36. The molecule has 1 amide bonds. The number of fused-ring (bicyclic) bond motifs is 2. The lowest BCUT2D eigenvalue weighted by molar-refractivity contribution is 0.0606. The number of nitriles is 1. The second-order valence-corrected chi connectivity index (χ2v) is 11.8. The molecular weight excluding hydrogens is 561 g/mol. The first kappa shape index (κ1) is 27.9. The number of hydrogen-bond donors (Lipinski definition) is 2. The second-order valence-electron chi connectivity index (χ2n) is 11.8. The van der Waals surface area contributed by atoms with Crippen molar-refractivity contribution < 1.29 is 19.0 Å². The Bertz CT molecular complexity index is 1980. The summed E-state index contributed by atoms with van der Waals surface area (Å²) in [5.74, 6) is 1.30. The van der Waals surface area contributed by atoms with Gasteiger partial charge >= 0.3 is 0 Å². The molecule has 1 saturated carbocycles. The molecule has 0 unspecified atom stereocenters. The number of rotatable bonds is 6. The van der Waals surface area contributed by atoms with E-state index in [4.69, 9.17) is 20.4 Å². The van der Waals surface area contributed by atoms with Crippen molar-refractivity contribution in [1.82, 2.24) is 24.0 Å². The van der Waals surface area contributed by atoms with Gasteiger partial charge in [-0.1, -0.05) is 12.1 Å². The molecule has 10 nitrogen and oxygen atoms in total. The van der Waals surface area contributed by atoms with Crippen molar-refractivity contribution in [2.24, 2.45) is 18.7 Å². The van der Waals surface area contributed by atoms with E-state index in [0.717, 1.165) is 41.6 Å². The number of carbonyl (C=O) groups excluding carboxylic acids is 1. The van der Waals surface area contributed by atoms with Gasteiger partial charge in [0.1, 0.15) is 40.5 Å². The first-order valence-corrected chi connectivity index (χ1v) is 14.7. The topological polar surface area (TPSA) is 135 Å². The molecule has 44 heavy (non-hydrogen) atoms. The molecule has 3 aromatic heterocycles. The maximum atomic E-state index is 14.3. The number of carbonyl (C=O) groups is 1. The van der Waals surface area contributed by atoms with Crippen LogP contribution in [0.2, 0.25) is 0 Å². The van der Waals surface area contributed by atoms with Crippen molar-refractivity contribution in [2.45, 2.75) is 38.0 Å². The Morgan fingerprint density at radius 3 is 2.73 bits per heavy atom. The van der Waals surface area contributed by atoms with Crippen molar-refractivity contribution in [3.8, 4) is 40.3 Å². The molecule has 2 aromatic carbocycles. The van der Waals surface area contributed by atoms with Crippen LogP contribution in [0.1, 0.15) is 35.2 Å². The molecule has 1 aliphatic carbocycles. The Labute approximate surface area is 253 Å². The molecule has 7 rings (SSSR count). The number of aryl methyl sites for hydroxylation is 1. The number of phenolic OH excluding ortho intramolecular Hbond substituents is 1. The molecule has 0 bridgehead atoms. The summed E-state index contributed by atoms with van der Waals surface area (Å²) in [7, 11) is 3.46. The van der Waals surface area contributed by atoms with E-state index >= 15 is 0 Å². The molecule has 11 heteroatoms. The number of benzene rings is 2. The Kier molecular flexibility index (Phi) is 6.74. The van der Waals surface area contributed by atoms with Crippen LogP contribution in [0.5, 0.6) is 11.5 Å². The zero-order valence-corrected chi connectivity index (χ0v) is 24.5. The zero-order valence-electron chi connectivity index (χ0n) is 24.5. The number of aromatic hydroxyl groups is 1. The molecule has 2 atom stereocenters. The number of ether oxygens (including phenoxy) is 1. The summed E-state index contributed by atoms with van der Waals surface area (Å²) >= 11 is 0. The number of piperidine rings is 1. The van der Waals surface area contributed by atoms with E-state index in [0.29, 0.717) is 46.4 Å². The van der Waals surface area contributed by atoms with E-state index in [1.807, 2.05) is 23.7 Å². The van der Waals surface area contributed by atoms with E-state index in [-0.39, 0.29) is 30.2 Å². The quantitative estimate of drug-likeness (QED) is 0.290.